The largest absolute Gasteiger partial charge is 0.495 e. The molecule has 1 unspecified atom stereocenters. The van der Waals surface area contributed by atoms with Crippen LogP contribution >= 0.6 is 15.9 Å². The Morgan fingerprint density at radius 3 is 2.41 bits per heavy atom. The number of nitrogens with two attached hydrogens (primary N) is 1. The molecule has 1 atom stereocenters. The first kappa shape index (κ1) is 12.7. The van der Waals surface area contributed by atoms with Crippen LogP contribution < -0.4 is 15.2 Å². The van der Waals surface area contributed by atoms with E-state index in [-0.39, 0.29) is 11.5 Å². The highest BCUT2D eigenvalue weighted by molar-refractivity contribution is 9.10. The predicted molar refractivity (Wildman–Crippen MR) is 71.5 cm³/mol. The zero-order valence-electron chi connectivity index (χ0n) is 10.4. The number of halogens is 1. The van der Waals surface area contributed by atoms with Crippen molar-refractivity contribution in [3.8, 4) is 11.5 Å². The van der Waals surface area contributed by atoms with Crippen LogP contribution in [0.5, 0.6) is 11.5 Å². The van der Waals surface area contributed by atoms with E-state index >= 15 is 0 Å². The van der Waals surface area contributed by atoms with Crippen molar-refractivity contribution in [1.82, 2.24) is 0 Å². The van der Waals surface area contributed by atoms with Gasteiger partial charge in [-0.1, -0.05) is 6.92 Å². The monoisotopic (exact) mass is 299 g/mol. The number of benzene rings is 1. The average Bonchev–Trinajstić information content (AvgIpc) is 3.07. The summed E-state index contributed by atoms with van der Waals surface area (Å²) in [5.41, 5.74) is 7.60. The summed E-state index contributed by atoms with van der Waals surface area (Å²) in [5, 5.41) is 0. The SMILES string of the molecule is COc1ccc(C(N)C2(C)CC2)c(OC)c1Br. The molecule has 0 amide bonds. The molecule has 1 saturated carbocycles. The quantitative estimate of drug-likeness (QED) is 0.928. The summed E-state index contributed by atoms with van der Waals surface area (Å²) >= 11 is 3.50. The molecule has 17 heavy (non-hydrogen) atoms. The fourth-order valence-electron chi connectivity index (χ4n) is 2.05. The third kappa shape index (κ3) is 2.16. The summed E-state index contributed by atoms with van der Waals surface area (Å²) in [6.45, 7) is 2.22. The molecule has 0 saturated heterocycles. The maximum absolute atomic E-state index is 6.33. The second kappa shape index (κ2) is 4.50. The highest BCUT2D eigenvalue weighted by Gasteiger charge is 2.44. The van der Waals surface area contributed by atoms with E-state index < -0.39 is 0 Å². The Labute approximate surface area is 110 Å². The van der Waals surface area contributed by atoms with Crippen molar-refractivity contribution in [2.24, 2.45) is 11.1 Å². The molecule has 0 aromatic heterocycles. The van der Waals surface area contributed by atoms with Crippen molar-refractivity contribution in [3.05, 3.63) is 22.2 Å². The summed E-state index contributed by atoms with van der Waals surface area (Å²) in [5.74, 6) is 1.55. The van der Waals surface area contributed by atoms with Gasteiger partial charge in [0.1, 0.15) is 16.0 Å². The highest BCUT2D eigenvalue weighted by atomic mass is 79.9. The van der Waals surface area contributed by atoms with Gasteiger partial charge in [-0.3, -0.25) is 0 Å². The number of methoxy groups -OCH3 is 2. The third-order valence-electron chi connectivity index (χ3n) is 3.64. The summed E-state index contributed by atoms with van der Waals surface area (Å²) in [4.78, 5) is 0. The second-order valence-electron chi connectivity index (χ2n) is 4.84. The Balaban J connectivity index is 2.43. The molecule has 94 valence electrons. The number of ether oxygens (including phenoxy) is 2. The summed E-state index contributed by atoms with van der Waals surface area (Å²) < 4.78 is 11.5. The van der Waals surface area contributed by atoms with Crippen LogP contribution in [0.2, 0.25) is 0 Å². The van der Waals surface area contributed by atoms with E-state index in [0.29, 0.717) is 0 Å². The summed E-state index contributed by atoms with van der Waals surface area (Å²) in [6, 6.07) is 3.93. The fraction of sp³-hybridized carbons (Fsp3) is 0.538. The van der Waals surface area contributed by atoms with Gasteiger partial charge in [0.05, 0.1) is 14.2 Å². The van der Waals surface area contributed by atoms with E-state index in [1.807, 2.05) is 12.1 Å². The fourth-order valence-corrected chi connectivity index (χ4v) is 2.73. The minimum atomic E-state index is 0.0136. The first-order chi connectivity index (χ1) is 8.03. The van der Waals surface area contributed by atoms with Crippen molar-refractivity contribution in [1.29, 1.82) is 0 Å². The van der Waals surface area contributed by atoms with Gasteiger partial charge in [-0.15, -0.1) is 0 Å². The summed E-state index contributed by atoms with van der Waals surface area (Å²) in [7, 11) is 3.30. The van der Waals surface area contributed by atoms with Gasteiger partial charge in [0.25, 0.3) is 0 Å². The van der Waals surface area contributed by atoms with Crippen LogP contribution in [-0.4, -0.2) is 14.2 Å². The Morgan fingerprint density at radius 2 is 1.94 bits per heavy atom. The minimum absolute atomic E-state index is 0.0136. The molecule has 1 aliphatic rings. The lowest BCUT2D eigenvalue weighted by Crippen LogP contribution is -2.21. The third-order valence-corrected chi connectivity index (χ3v) is 4.39. The van der Waals surface area contributed by atoms with Crippen molar-refractivity contribution >= 4 is 15.9 Å². The van der Waals surface area contributed by atoms with Gasteiger partial charge in [0, 0.05) is 11.6 Å². The van der Waals surface area contributed by atoms with Crippen LogP contribution in [0.25, 0.3) is 0 Å². The number of hydrogen-bond donors (Lipinski definition) is 1. The van der Waals surface area contributed by atoms with Gasteiger partial charge in [-0.05, 0) is 46.3 Å². The van der Waals surface area contributed by atoms with Crippen molar-refractivity contribution in [2.75, 3.05) is 14.2 Å². The van der Waals surface area contributed by atoms with E-state index in [0.717, 1.165) is 21.5 Å². The Hall–Kier alpha value is -0.740. The van der Waals surface area contributed by atoms with Crippen molar-refractivity contribution in [2.45, 2.75) is 25.8 Å². The van der Waals surface area contributed by atoms with E-state index in [2.05, 4.69) is 22.9 Å². The lowest BCUT2D eigenvalue weighted by molar-refractivity contribution is 0.370. The molecule has 1 aliphatic carbocycles. The first-order valence-corrected chi connectivity index (χ1v) is 6.49. The molecule has 4 heteroatoms. The van der Waals surface area contributed by atoms with E-state index in [1.165, 1.54) is 12.8 Å². The topological polar surface area (TPSA) is 44.5 Å². The smallest absolute Gasteiger partial charge is 0.141 e. The molecule has 3 nitrogen and oxygen atoms in total. The molecule has 0 radical (unpaired) electrons. The van der Waals surface area contributed by atoms with Gasteiger partial charge < -0.3 is 15.2 Å². The van der Waals surface area contributed by atoms with Gasteiger partial charge in [0.2, 0.25) is 0 Å². The molecule has 0 spiro atoms. The zero-order valence-corrected chi connectivity index (χ0v) is 12.0. The van der Waals surface area contributed by atoms with Gasteiger partial charge in [-0.2, -0.15) is 0 Å². The zero-order chi connectivity index (χ0) is 12.6. The molecular formula is C13H18BrNO2. The summed E-state index contributed by atoms with van der Waals surface area (Å²) in [6.07, 6.45) is 2.36. The van der Waals surface area contributed by atoms with Crippen molar-refractivity contribution in [3.63, 3.8) is 0 Å². The molecule has 2 N–H and O–H groups in total. The van der Waals surface area contributed by atoms with Crippen LogP contribution in [0.1, 0.15) is 31.4 Å². The molecule has 0 bridgehead atoms. The highest BCUT2D eigenvalue weighted by Crippen LogP contribution is 2.55. The molecular weight excluding hydrogens is 282 g/mol. The van der Waals surface area contributed by atoms with Gasteiger partial charge in [0.15, 0.2) is 0 Å². The molecule has 0 heterocycles. The van der Waals surface area contributed by atoms with E-state index in [9.17, 15) is 0 Å². The van der Waals surface area contributed by atoms with Gasteiger partial charge in [-0.25, -0.2) is 0 Å². The lowest BCUT2D eigenvalue weighted by Gasteiger charge is -2.23. The van der Waals surface area contributed by atoms with Crippen LogP contribution in [0.3, 0.4) is 0 Å². The van der Waals surface area contributed by atoms with E-state index in [1.54, 1.807) is 14.2 Å². The molecule has 1 aromatic carbocycles. The molecule has 1 fully saturated rings. The maximum Gasteiger partial charge on any atom is 0.141 e. The van der Waals surface area contributed by atoms with Crippen LogP contribution in [-0.2, 0) is 0 Å². The van der Waals surface area contributed by atoms with Gasteiger partial charge >= 0.3 is 0 Å². The minimum Gasteiger partial charge on any atom is -0.495 e. The normalized spacial score (nSPS) is 18.6. The maximum atomic E-state index is 6.33. The van der Waals surface area contributed by atoms with Crippen LogP contribution in [0, 0.1) is 5.41 Å². The Kier molecular flexibility index (Phi) is 3.36. The first-order valence-electron chi connectivity index (χ1n) is 5.69. The average molecular weight is 300 g/mol. The number of hydrogen-bond acceptors (Lipinski definition) is 3. The Bertz CT molecular complexity index is 430. The van der Waals surface area contributed by atoms with E-state index in [4.69, 9.17) is 15.2 Å². The van der Waals surface area contributed by atoms with Crippen LogP contribution in [0.15, 0.2) is 16.6 Å². The molecule has 1 aromatic rings. The standard InChI is InChI=1S/C13H18BrNO2/c1-13(6-7-13)12(15)8-4-5-9(16-2)10(14)11(8)17-3/h4-5,12H,6-7,15H2,1-3H3. The van der Waals surface area contributed by atoms with Crippen LogP contribution in [0.4, 0.5) is 0 Å². The lowest BCUT2D eigenvalue weighted by atomic mass is 9.92. The Morgan fingerprint density at radius 1 is 1.29 bits per heavy atom. The molecule has 0 aliphatic heterocycles. The van der Waals surface area contributed by atoms with Crippen molar-refractivity contribution < 1.29 is 9.47 Å². The predicted octanol–water partition coefficient (Wildman–Crippen LogP) is 3.27. The number of rotatable bonds is 4. The second-order valence-corrected chi connectivity index (χ2v) is 5.63. The molecule has 2 rings (SSSR count).